The smallest absolute Gasteiger partial charge is 0.318 e. The van der Waals surface area contributed by atoms with E-state index >= 15 is 0 Å². The van der Waals surface area contributed by atoms with Gasteiger partial charge >= 0.3 is 6.01 Å². The molecule has 2 atom stereocenters. The van der Waals surface area contributed by atoms with Crippen molar-refractivity contribution in [3.8, 4) is 0 Å². The van der Waals surface area contributed by atoms with E-state index < -0.39 is 0 Å². The van der Waals surface area contributed by atoms with Crippen molar-refractivity contribution in [1.29, 1.82) is 0 Å². The third-order valence-electron chi connectivity index (χ3n) is 3.76. The second-order valence-corrected chi connectivity index (χ2v) is 5.49. The average molecular weight is 266 g/mol. The monoisotopic (exact) mass is 266 g/mol. The Kier molecular flexibility index (Phi) is 3.70. The van der Waals surface area contributed by atoms with Crippen molar-refractivity contribution in [3.63, 3.8) is 0 Å². The molecule has 1 aromatic rings. The van der Waals surface area contributed by atoms with Crippen LogP contribution in [0.1, 0.15) is 39.0 Å². The van der Waals surface area contributed by atoms with Crippen LogP contribution in [0.25, 0.3) is 0 Å². The highest BCUT2D eigenvalue weighted by atomic mass is 16.5. The Bertz CT molecular complexity index is 419. The number of ether oxygens (including phenoxy) is 1. The molecule has 2 unspecified atom stereocenters. The topological polar surface area (TPSA) is 63.4 Å². The van der Waals surface area contributed by atoms with Gasteiger partial charge in [-0.2, -0.15) is 0 Å². The fourth-order valence-electron chi connectivity index (χ4n) is 2.37. The highest BCUT2D eigenvalue weighted by molar-refractivity contribution is 5.28. The molecule has 6 nitrogen and oxygen atoms in total. The Hall–Kier alpha value is -1.14. The van der Waals surface area contributed by atoms with E-state index in [-0.39, 0.29) is 6.10 Å². The largest absolute Gasteiger partial charge is 0.407 e. The van der Waals surface area contributed by atoms with Crippen molar-refractivity contribution >= 4 is 6.01 Å². The van der Waals surface area contributed by atoms with Crippen molar-refractivity contribution in [1.82, 2.24) is 15.5 Å². The van der Waals surface area contributed by atoms with Crippen LogP contribution in [0.15, 0.2) is 4.42 Å². The molecule has 2 fully saturated rings. The van der Waals surface area contributed by atoms with Crippen molar-refractivity contribution in [3.05, 3.63) is 5.89 Å². The van der Waals surface area contributed by atoms with Gasteiger partial charge in [-0.1, -0.05) is 12.0 Å². The van der Waals surface area contributed by atoms with Crippen LogP contribution in [0.2, 0.25) is 0 Å². The number of rotatable bonds is 5. The summed E-state index contributed by atoms with van der Waals surface area (Å²) in [6.07, 6.45) is 3.76. The van der Waals surface area contributed by atoms with E-state index in [1.165, 1.54) is 12.8 Å². The lowest BCUT2D eigenvalue weighted by atomic mass is 10.1. The van der Waals surface area contributed by atoms with E-state index in [0.717, 1.165) is 19.6 Å². The molecule has 1 aromatic heterocycles. The van der Waals surface area contributed by atoms with E-state index in [9.17, 15) is 0 Å². The SMILES string of the molecule is CCC1COC(C)CN1c1nnc(CNC2CC2)o1. The molecule has 0 aromatic carbocycles. The lowest BCUT2D eigenvalue weighted by Gasteiger charge is -2.36. The molecule has 1 saturated carbocycles. The van der Waals surface area contributed by atoms with Gasteiger partial charge in [0.15, 0.2) is 0 Å². The number of anilines is 1. The van der Waals surface area contributed by atoms with Gasteiger partial charge in [0.1, 0.15) is 0 Å². The number of nitrogens with one attached hydrogen (secondary N) is 1. The number of nitrogens with zero attached hydrogens (tertiary/aromatic N) is 3. The molecule has 2 aliphatic rings. The minimum Gasteiger partial charge on any atom is -0.407 e. The maximum absolute atomic E-state index is 5.77. The highest BCUT2D eigenvalue weighted by Crippen LogP contribution is 2.23. The molecule has 3 rings (SSSR count). The Morgan fingerprint density at radius 2 is 2.21 bits per heavy atom. The first kappa shape index (κ1) is 12.9. The molecule has 1 aliphatic carbocycles. The molecular weight excluding hydrogens is 244 g/mol. The molecule has 19 heavy (non-hydrogen) atoms. The minimum absolute atomic E-state index is 0.211. The van der Waals surface area contributed by atoms with Crippen LogP contribution in [-0.4, -0.2) is 41.5 Å². The predicted octanol–water partition coefficient (Wildman–Crippen LogP) is 1.33. The first-order valence-corrected chi connectivity index (χ1v) is 7.20. The zero-order valence-electron chi connectivity index (χ0n) is 11.6. The van der Waals surface area contributed by atoms with Crippen LogP contribution in [0.4, 0.5) is 6.01 Å². The summed E-state index contributed by atoms with van der Waals surface area (Å²) >= 11 is 0. The predicted molar refractivity (Wildman–Crippen MR) is 71.0 cm³/mol. The lowest BCUT2D eigenvalue weighted by Crippen LogP contribution is -2.48. The molecule has 2 heterocycles. The van der Waals surface area contributed by atoms with E-state index in [0.29, 0.717) is 30.5 Å². The number of aromatic nitrogens is 2. The van der Waals surface area contributed by atoms with Crippen LogP contribution >= 0.6 is 0 Å². The van der Waals surface area contributed by atoms with Crippen LogP contribution in [0.3, 0.4) is 0 Å². The number of hydrogen-bond acceptors (Lipinski definition) is 6. The lowest BCUT2D eigenvalue weighted by molar-refractivity contribution is 0.0277. The molecule has 1 aliphatic heterocycles. The summed E-state index contributed by atoms with van der Waals surface area (Å²) in [5.74, 6) is 0.677. The highest BCUT2D eigenvalue weighted by Gasteiger charge is 2.29. The maximum Gasteiger partial charge on any atom is 0.318 e. The second-order valence-electron chi connectivity index (χ2n) is 5.49. The minimum atomic E-state index is 0.211. The van der Waals surface area contributed by atoms with E-state index in [1.807, 2.05) is 0 Å². The summed E-state index contributed by atoms with van der Waals surface area (Å²) in [5, 5.41) is 11.7. The van der Waals surface area contributed by atoms with Crippen molar-refractivity contribution in [2.24, 2.45) is 0 Å². The molecule has 6 heteroatoms. The molecule has 0 bridgehead atoms. The van der Waals surface area contributed by atoms with Gasteiger partial charge in [-0.3, -0.25) is 0 Å². The molecule has 0 spiro atoms. The first-order chi connectivity index (χ1) is 9.26. The molecule has 0 amide bonds. The molecule has 1 N–H and O–H groups in total. The van der Waals surface area contributed by atoms with Gasteiger partial charge in [-0.15, -0.1) is 5.10 Å². The Morgan fingerprint density at radius 1 is 1.37 bits per heavy atom. The third-order valence-corrected chi connectivity index (χ3v) is 3.76. The molecular formula is C13H22N4O2. The van der Waals surface area contributed by atoms with Gasteiger partial charge in [0.25, 0.3) is 0 Å². The second kappa shape index (κ2) is 5.46. The number of morpholine rings is 1. The van der Waals surface area contributed by atoms with E-state index in [2.05, 4.69) is 34.3 Å². The van der Waals surface area contributed by atoms with Crippen molar-refractivity contribution in [2.75, 3.05) is 18.1 Å². The van der Waals surface area contributed by atoms with Crippen molar-refractivity contribution < 1.29 is 9.15 Å². The zero-order chi connectivity index (χ0) is 13.2. The summed E-state index contributed by atoms with van der Waals surface area (Å²) in [4.78, 5) is 2.18. The van der Waals surface area contributed by atoms with Crippen LogP contribution in [0, 0.1) is 0 Å². The Morgan fingerprint density at radius 3 is 2.95 bits per heavy atom. The quantitative estimate of drug-likeness (QED) is 0.867. The van der Waals surface area contributed by atoms with E-state index in [4.69, 9.17) is 9.15 Å². The van der Waals surface area contributed by atoms with Gasteiger partial charge in [0.2, 0.25) is 5.89 Å². The molecule has 1 saturated heterocycles. The third kappa shape index (κ3) is 3.06. The van der Waals surface area contributed by atoms with Crippen LogP contribution < -0.4 is 10.2 Å². The summed E-state index contributed by atoms with van der Waals surface area (Å²) in [6.45, 7) is 6.45. The fraction of sp³-hybridized carbons (Fsp3) is 0.846. The maximum atomic E-state index is 5.77. The van der Waals surface area contributed by atoms with Crippen LogP contribution in [-0.2, 0) is 11.3 Å². The Balaban J connectivity index is 1.65. The molecule has 106 valence electrons. The normalized spacial score (nSPS) is 27.8. The number of hydrogen-bond donors (Lipinski definition) is 1. The molecule has 0 radical (unpaired) electrons. The first-order valence-electron chi connectivity index (χ1n) is 7.20. The van der Waals surface area contributed by atoms with Crippen LogP contribution in [0.5, 0.6) is 0 Å². The summed E-state index contributed by atoms with van der Waals surface area (Å²) in [7, 11) is 0. The van der Waals surface area contributed by atoms with Gasteiger partial charge in [-0.05, 0) is 26.2 Å². The van der Waals surface area contributed by atoms with Gasteiger partial charge in [0, 0.05) is 12.6 Å². The zero-order valence-corrected chi connectivity index (χ0v) is 11.6. The summed E-state index contributed by atoms with van der Waals surface area (Å²) in [5.41, 5.74) is 0. The average Bonchev–Trinajstić information content (AvgIpc) is 3.13. The van der Waals surface area contributed by atoms with Gasteiger partial charge < -0.3 is 19.4 Å². The summed E-state index contributed by atoms with van der Waals surface area (Å²) in [6, 6.07) is 1.62. The fourth-order valence-corrected chi connectivity index (χ4v) is 2.37. The Labute approximate surface area is 113 Å². The van der Waals surface area contributed by atoms with Crippen molar-refractivity contribution in [2.45, 2.75) is 57.8 Å². The summed E-state index contributed by atoms with van der Waals surface area (Å²) < 4.78 is 11.5. The van der Waals surface area contributed by atoms with E-state index in [1.54, 1.807) is 0 Å². The van der Waals surface area contributed by atoms with Gasteiger partial charge in [0.05, 0.1) is 25.3 Å². The standard InChI is InChI=1S/C13H22N4O2/c1-3-11-8-18-9(2)7-17(11)13-16-15-12(19-13)6-14-10-4-5-10/h9-11,14H,3-8H2,1-2H3. The van der Waals surface area contributed by atoms with Gasteiger partial charge in [-0.25, -0.2) is 0 Å².